The van der Waals surface area contributed by atoms with Gasteiger partial charge in [0.25, 0.3) is 5.91 Å². The normalized spacial score (nSPS) is 10.2. The third-order valence-corrected chi connectivity index (χ3v) is 3.49. The first kappa shape index (κ1) is 15.7. The van der Waals surface area contributed by atoms with Gasteiger partial charge in [0.15, 0.2) is 0 Å². The molecule has 0 bridgehead atoms. The van der Waals surface area contributed by atoms with Crippen molar-refractivity contribution in [2.45, 2.75) is 6.92 Å². The highest BCUT2D eigenvalue weighted by molar-refractivity contribution is 9.10. The van der Waals surface area contributed by atoms with E-state index in [4.69, 9.17) is 22.1 Å². The van der Waals surface area contributed by atoms with Crippen LogP contribution in [0.4, 0.5) is 11.4 Å². The van der Waals surface area contributed by atoms with Crippen LogP contribution in [0.3, 0.4) is 0 Å². The van der Waals surface area contributed by atoms with Gasteiger partial charge in [-0.3, -0.25) is 4.79 Å². The number of anilines is 2. The van der Waals surface area contributed by atoms with E-state index >= 15 is 0 Å². The van der Waals surface area contributed by atoms with E-state index in [0.29, 0.717) is 34.3 Å². The average Bonchev–Trinajstić information content (AvgIpc) is 2.41. The molecule has 4 nitrogen and oxygen atoms in total. The first-order chi connectivity index (χ1) is 9.99. The van der Waals surface area contributed by atoms with Gasteiger partial charge in [-0.05, 0) is 37.3 Å². The summed E-state index contributed by atoms with van der Waals surface area (Å²) in [6, 6.07) is 10.1. The topological polar surface area (TPSA) is 64.3 Å². The fourth-order valence-corrected chi connectivity index (χ4v) is 2.51. The van der Waals surface area contributed by atoms with Crippen molar-refractivity contribution in [1.29, 1.82) is 0 Å². The summed E-state index contributed by atoms with van der Waals surface area (Å²) in [6.07, 6.45) is 0. The standard InChI is InChI=1S/C15H14BrClN2O2/c1-2-21-12-6-9(5-11(18)8-12)15(20)19-14-4-3-10(16)7-13(14)17/h3-8H,2,18H2,1H3,(H,19,20). The number of carbonyl (C=O) groups excluding carboxylic acids is 1. The number of rotatable bonds is 4. The molecule has 0 radical (unpaired) electrons. The van der Waals surface area contributed by atoms with E-state index in [1.807, 2.05) is 6.92 Å². The van der Waals surface area contributed by atoms with Crippen LogP contribution in [0.2, 0.25) is 5.02 Å². The number of nitrogens with two attached hydrogens (primary N) is 1. The van der Waals surface area contributed by atoms with Crippen LogP contribution >= 0.6 is 27.5 Å². The van der Waals surface area contributed by atoms with Gasteiger partial charge in [0.2, 0.25) is 0 Å². The third kappa shape index (κ3) is 4.12. The molecule has 0 aliphatic carbocycles. The number of benzene rings is 2. The van der Waals surface area contributed by atoms with Crippen molar-refractivity contribution in [3.05, 3.63) is 51.5 Å². The van der Waals surface area contributed by atoms with Gasteiger partial charge in [0.1, 0.15) is 5.75 Å². The molecule has 0 fully saturated rings. The molecule has 6 heteroatoms. The van der Waals surface area contributed by atoms with Crippen LogP contribution in [0.15, 0.2) is 40.9 Å². The number of amides is 1. The molecule has 0 saturated heterocycles. The molecular formula is C15H14BrClN2O2. The Morgan fingerprint density at radius 1 is 1.33 bits per heavy atom. The summed E-state index contributed by atoms with van der Waals surface area (Å²) in [7, 11) is 0. The highest BCUT2D eigenvalue weighted by atomic mass is 79.9. The summed E-state index contributed by atoms with van der Waals surface area (Å²) >= 11 is 9.39. The summed E-state index contributed by atoms with van der Waals surface area (Å²) in [6.45, 7) is 2.37. The molecule has 2 aromatic carbocycles. The van der Waals surface area contributed by atoms with Crippen molar-refractivity contribution < 1.29 is 9.53 Å². The van der Waals surface area contributed by atoms with Crippen molar-refractivity contribution in [3.8, 4) is 5.75 Å². The number of carbonyl (C=O) groups is 1. The lowest BCUT2D eigenvalue weighted by atomic mass is 10.1. The molecular weight excluding hydrogens is 356 g/mol. The largest absolute Gasteiger partial charge is 0.494 e. The number of nitrogens with one attached hydrogen (secondary N) is 1. The number of nitrogen functional groups attached to an aromatic ring is 1. The maximum Gasteiger partial charge on any atom is 0.255 e. The first-order valence-corrected chi connectivity index (χ1v) is 7.46. The van der Waals surface area contributed by atoms with E-state index in [9.17, 15) is 4.79 Å². The second kappa shape index (κ2) is 6.83. The lowest BCUT2D eigenvalue weighted by Crippen LogP contribution is -2.13. The number of ether oxygens (including phenoxy) is 1. The number of hydrogen-bond donors (Lipinski definition) is 2. The van der Waals surface area contributed by atoms with E-state index in [1.54, 1.807) is 36.4 Å². The Morgan fingerprint density at radius 3 is 2.76 bits per heavy atom. The Kier molecular flexibility index (Phi) is 5.09. The minimum atomic E-state index is -0.299. The van der Waals surface area contributed by atoms with Crippen molar-refractivity contribution in [2.75, 3.05) is 17.7 Å². The maximum atomic E-state index is 12.3. The molecule has 0 aliphatic heterocycles. The summed E-state index contributed by atoms with van der Waals surface area (Å²) in [5.41, 5.74) is 7.19. The van der Waals surface area contributed by atoms with Gasteiger partial charge < -0.3 is 15.8 Å². The molecule has 21 heavy (non-hydrogen) atoms. The zero-order chi connectivity index (χ0) is 15.4. The van der Waals surface area contributed by atoms with Crippen molar-refractivity contribution in [3.63, 3.8) is 0 Å². The van der Waals surface area contributed by atoms with E-state index in [1.165, 1.54) is 0 Å². The Morgan fingerprint density at radius 2 is 2.10 bits per heavy atom. The molecule has 0 atom stereocenters. The fraction of sp³-hybridized carbons (Fsp3) is 0.133. The monoisotopic (exact) mass is 368 g/mol. The molecule has 1 amide bonds. The highest BCUT2D eigenvalue weighted by Crippen LogP contribution is 2.27. The van der Waals surface area contributed by atoms with Gasteiger partial charge in [-0.2, -0.15) is 0 Å². The quantitative estimate of drug-likeness (QED) is 0.788. The third-order valence-electron chi connectivity index (χ3n) is 2.68. The van der Waals surface area contributed by atoms with Crippen LogP contribution in [0.1, 0.15) is 17.3 Å². The predicted molar refractivity (Wildman–Crippen MR) is 89.1 cm³/mol. The van der Waals surface area contributed by atoms with E-state index in [-0.39, 0.29) is 5.91 Å². The lowest BCUT2D eigenvalue weighted by molar-refractivity contribution is 0.102. The zero-order valence-corrected chi connectivity index (χ0v) is 13.7. The molecule has 0 aliphatic rings. The van der Waals surface area contributed by atoms with E-state index in [0.717, 1.165) is 4.47 Å². The van der Waals surface area contributed by atoms with Crippen LogP contribution in [0.25, 0.3) is 0 Å². The molecule has 0 aromatic heterocycles. The molecule has 0 heterocycles. The second-order valence-corrected chi connectivity index (χ2v) is 5.62. The Bertz CT molecular complexity index is 677. The summed E-state index contributed by atoms with van der Waals surface area (Å²) in [5, 5.41) is 3.20. The van der Waals surface area contributed by atoms with Crippen LogP contribution in [0.5, 0.6) is 5.75 Å². The molecule has 0 spiro atoms. The molecule has 0 unspecified atom stereocenters. The van der Waals surface area contributed by atoms with Crippen molar-refractivity contribution in [1.82, 2.24) is 0 Å². The smallest absolute Gasteiger partial charge is 0.255 e. The molecule has 0 saturated carbocycles. The Hall–Kier alpha value is -1.72. The van der Waals surface area contributed by atoms with Gasteiger partial charge in [0.05, 0.1) is 17.3 Å². The second-order valence-electron chi connectivity index (χ2n) is 4.30. The summed E-state index contributed by atoms with van der Waals surface area (Å²) < 4.78 is 6.22. The lowest BCUT2D eigenvalue weighted by Gasteiger charge is -2.10. The average molecular weight is 370 g/mol. The van der Waals surface area contributed by atoms with Gasteiger partial charge in [-0.25, -0.2) is 0 Å². The fourth-order valence-electron chi connectivity index (χ4n) is 1.79. The first-order valence-electron chi connectivity index (χ1n) is 6.29. The molecule has 2 rings (SSSR count). The molecule has 2 aromatic rings. The number of halogens is 2. The van der Waals surface area contributed by atoms with E-state index < -0.39 is 0 Å². The van der Waals surface area contributed by atoms with Crippen LogP contribution in [0, 0.1) is 0 Å². The van der Waals surface area contributed by atoms with E-state index in [2.05, 4.69) is 21.2 Å². The van der Waals surface area contributed by atoms with Crippen LogP contribution in [-0.4, -0.2) is 12.5 Å². The van der Waals surface area contributed by atoms with Crippen molar-refractivity contribution >= 4 is 44.8 Å². The van der Waals surface area contributed by atoms with Crippen LogP contribution in [-0.2, 0) is 0 Å². The van der Waals surface area contributed by atoms with Crippen LogP contribution < -0.4 is 15.8 Å². The Balaban J connectivity index is 2.23. The van der Waals surface area contributed by atoms with Crippen molar-refractivity contribution in [2.24, 2.45) is 0 Å². The Labute approximate surface area is 136 Å². The minimum Gasteiger partial charge on any atom is -0.494 e. The summed E-state index contributed by atoms with van der Waals surface area (Å²) in [4.78, 5) is 12.3. The molecule has 3 N–H and O–H groups in total. The van der Waals surface area contributed by atoms with Gasteiger partial charge in [0, 0.05) is 21.8 Å². The van der Waals surface area contributed by atoms with Gasteiger partial charge in [-0.15, -0.1) is 0 Å². The molecule has 110 valence electrons. The maximum absolute atomic E-state index is 12.3. The minimum absolute atomic E-state index is 0.299. The predicted octanol–water partition coefficient (Wildman–Crippen LogP) is 4.34. The zero-order valence-electron chi connectivity index (χ0n) is 11.3. The SMILES string of the molecule is CCOc1cc(N)cc(C(=O)Nc2ccc(Br)cc2Cl)c1. The highest BCUT2D eigenvalue weighted by Gasteiger charge is 2.11. The summed E-state index contributed by atoms with van der Waals surface area (Å²) in [5.74, 6) is 0.261. The number of hydrogen-bond acceptors (Lipinski definition) is 3. The van der Waals surface area contributed by atoms with Gasteiger partial charge in [-0.1, -0.05) is 27.5 Å². The van der Waals surface area contributed by atoms with Gasteiger partial charge >= 0.3 is 0 Å².